The maximum atomic E-state index is 14.4. The minimum Gasteiger partial charge on any atom is -0.444 e. The number of ether oxygens (including phenoxy) is 2. The summed E-state index contributed by atoms with van der Waals surface area (Å²) >= 11 is 0. The van der Waals surface area contributed by atoms with Gasteiger partial charge in [0.1, 0.15) is 23.8 Å². The number of rotatable bonds is 5. The fraction of sp³-hybridized carbons (Fsp3) is 0.707. The van der Waals surface area contributed by atoms with E-state index in [1.165, 1.54) is 11.3 Å². The molecular formula is C41H61BN4O8. The van der Waals surface area contributed by atoms with Crippen LogP contribution < -0.4 is 10.6 Å². The van der Waals surface area contributed by atoms with Crippen LogP contribution in [0.25, 0.3) is 0 Å². The van der Waals surface area contributed by atoms with Crippen molar-refractivity contribution >= 4 is 31.1 Å². The third-order valence-corrected chi connectivity index (χ3v) is 12.6. The number of nitrogens with one attached hydrogen (secondary N) is 2. The van der Waals surface area contributed by atoms with Crippen LogP contribution in [-0.4, -0.2) is 88.3 Å². The molecule has 54 heavy (non-hydrogen) atoms. The highest BCUT2D eigenvalue weighted by Crippen LogP contribution is 2.61. The SMILES string of the molecule is CC1C(OB(O)C2CCCCCCC=CCC(NC(=O)OC(C)(C)C)C(=O)N3CC(OC(=O)N4Cc5ccccc5C4)CC3C(=O)N2)CC2CC1C2(C)C. The number of fused-ring (bicyclic) bond motifs is 4. The molecule has 1 saturated heterocycles. The molecule has 4 amide bonds. The molecule has 1 aromatic rings. The van der Waals surface area contributed by atoms with Crippen molar-refractivity contribution in [2.75, 3.05) is 6.54 Å². The fourth-order valence-electron chi connectivity index (χ4n) is 9.38. The van der Waals surface area contributed by atoms with Crippen LogP contribution in [0.4, 0.5) is 9.59 Å². The molecule has 7 rings (SSSR count). The second-order valence-corrected chi connectivity index (χ2v) is 17.9. The third-order valence-electron chi connectivity index (χ3n) is 12.6. The van der Waals surface area contributed by atoms with Gasteiger partial charge in [0, 0.05) is 25.6 Å². The summed E-state index contributed by atoms with van der Waals surface area (Å²) in [5.41, 5.74) is 1.59. The second-order valence-electron chi connectivity index (χ2n) is 17.9. The van der Waals surface area contributed by atoms with Crippen molar-refractivity contribution in [3.05, 3.63) is 47.5 Å². The molecule has 3 N–H and O–H groups in total. The molecule has 3 aliphatic carbocycles. The lowest BCUT2D eigenvalue weighted by molar-refractivity contribution is -0.151. The lowest BCUT2D eigenvalue weighted by atomic mass is 9.45. The lowest BCUT2D eigenvalue weighted by Gasteiger charge is -2.62. The molecular weight excluding hydrogens is 687 g/mol. The Morgan fingerprint density at radius 1 is 1.00 bits per heavy atom. The Bertz CT molecular complexity index is 1540. The second kappa shape index (κ2) is 16.7. The Labute approximate surface area is 321 Å². The van der Waals surface area contributed by atoms with Gasteiger partial charge in [-0.2, -0.15) is 0 Å². The average Bonchev–Trinajstić information content (AvgIpc) is 3.74. The van der Waals surface area contributed by atoms with Crippen LogP contribution in [-0.2, 0) is 36.8 Å². The van der Waals surface area contributed by atoms with Gasteiger partial charge in [-0.15, -0.1) is 0 Å². The van der Waals surface area contributed by atoms with Crippen LogP contribution in [0.15, 0.2) is 36.4 Å². The van der Waals surface area contributed by atoms with E-state index in [2.05, 4.69) is 31.4 Å². The van der Waals surface area contributed by atoms with E-state index in [4.69, 9.17) is 14.1 Å². The topological polar surface area (TPSA) is 147 Å². The van der Waals surface area contributed by atoms with Crippen molar-refractivity contribution in [3.8, 4) is 0 Å². The molecule has 296 valence electrons. The van der Waals surface area contributed by atoms with Crippen LogP contribution in [0.3, 0.4) is 0 Å². The number of hydrogen-bond acceptors (Lipinski definition) is 8. The van der Waals surface area contributed by atoms with Crippen molar-refractivity contribution in [1.29, 1.82) is 0 Å². The summed E-state index contributed by atoms with van der Waals surface area (Å²) in [6.07, 6.45) is 9.11. The first-order chi connectivity index (χ1) is 25.6. The van der Waals surface area contributed by atoms with Crippen LogP contribution in [0.2, 0.25) is 0 Å². The van der Waals surface area contributed by atoms with E-state index in [9.17, 15) is 24.2 Å². The molecule has 0 spiro atoms. The van der Waals surface area contributed by atoms with Gasteiger partial charge in [0.25, 0.3) is 0 Å². The van der Waals surface area contributed by atoms with Gasteiger partial charge < -0.3 is 34.7 Å². The zero-order valence-electron chi connectivity index (χ0n) is 33.1. The van der Waals surface area contributed by atoms with Crippen molar-refractivity contribution < 1.29 is 38.3 Å². The minimum absolute atomic E-state index is 0.0263. The van der Waals surface area contributed by atoms with E-state index in [0.29, 0.717) is 31.3 Å². The molecule has 1 aromatic carbocycles. The Hall–Kier alpha value is -3.58. The molecule has 0 aromatic heterocycles. The number of carbonyl (C=O) groups excluding carboxylic acids is 4. The Kier molecular flexibility index (Phi) is 12.4. The molecule has 6 aliphatic rings. The number of alkyl carbamates (subject to hydrolysis) is 1. The largest absolute Gasteiger partial charge is 0.478 e. The van der Waals surface area contributed by atoms with Crippen molar-refractivity contribution in [2.24, 2.45) is 23.2 Å². The number of benzene rings is 1. The van der Waals surface area contributed by atoms with Gasteiger partial charge >= 0.3 is 19.3 Å². The molecule has 3 aliphatic heterocycles. The van der Waals surface area contributed by atoms with Gasteiger partial charge in [-0.3, -0.25) is 14.5 Å². The zero-order chi connectivity index (χ0) is 38.8. The van der Waals surface area contributed by atoms with Crippen molar-refractivity contribution in [2.45, 2.75) is 155 Å². The van der Waals surface area contributed by atoms with Crippen LogP contribution >= 0.6 is 0 Å². The maximum absolute atomic E-state index is 14.4. The number of hydrogen-bond donors (Lipinski definition) is 3. The summed E-state index contributed by atoms with van der Waals surface area (Å²) in [5.74, 6) is -0.263. The van der Waals surface area contributed by atoms with E-state index in [1.807, 2.05) is 36.4 Å². The predicted molar refractivity (Wildman–Crippen MR) is 205 cm³/mol. The van der Waals surface area contributed by atoms with Gasteiger partial charge in [0.05, 0.1) is 12.5 Å². The molecule has 4 fully saturated rings. The van der Waals surface area contributed by atoms with Crippen LogP contribution in [0, 0.1) is 23.2 Å². The molecule has 8 unspecified atom stereocenters. The molecule has 12 nitrogen and oxygen atoms in total. The predicted octanol–water partition coefficient (Wildman–Crippen LogP) is 5.89. The average molecular weight is 749 g/mol. The fourth-order valence-corrected chi connectivity index (χ4v) is 9.38. The minimum atomic E-state index is -1.22. The van der Waals surface area contributed by atoms with E-state index in [-0.39, 0.29) is 36.8 Å². The first kappa shape index (κ1) is 40.1. The monoisotopic (exact) mass is 748 g/mol. The Morgan fingerprint density at radius 2 is 1.70 bits per heavy atom. The number of amides is 4. The van der Waals surface area contributed by atoms with E-state index in [0.717, 1.165) is 49.7 Å². The quantitative estimate of drug-likeness (QED) is 0.250. The summed E-state index contributed by atoms with van der Waals surface area (Å²) in [7, 11) is -1.22. The smallest absolute Gasteiger partial charge is 0.444 e. The Balaban J connectivity index is 1.21. The number of carbonyl (C=O) groups is 4. The van der Waals surface area contributed by atoms with Gasteiger partial charge in [-0.25, -0.2) is 9.59 Å². The molecule has 8 atom stereocenters. The number of nitrogens with zero attached hydrogens (tertiary/aromatic N) is 2. The highest BCUT2D eigenvalue weighted by Gasteiger charge is 2.57. The Morgan fingerprint density at radius 3 is 2.37 bits per heavy atom. The van der Waals surface area contributed by atoms with Gasteiger partial charge in [-0.1, -0.05) is 76.5 Å². The maximum Gasteiger partial charge on any atom is 0.478 e. The summed E-state index contributed by atoms with van der Waals surface area (Å²) < 4.78 is 17.9. The normalized spacial score (nSPS) is 31.5. The molecule has 3 saturated carbocycles. The van der Waals surface area contributed by atoms with Gasteiger partial charge in [-0.05, 0) is 93.6 Å². The van der Waals surface area contributed by atoms with E-state index < -0.39 is 60.8 Å². The summed E-state index contributed by atoms with van der Waals surface area (Å²) in [4.78, 5) is 58.2. The molecule has 13 heteroatoms. The first-order valence-corrected chi connectivity index (χ1v) is 20.2. The van der Waals surface area contributed by atoms with Gasteiger partial charge in [0.2, 0.25) is 11.8 Å². The van der Waals surface area contributed by atoms with Gasteiger partial charge in [0.15, 0.2) is 0 Å². The molecule has 2 bridgehead atoms. The van der Waals surface area contributed by atoms with Crippen LogP contribution in [0.5, 0.6) is 0 Å². The number of allylic oxidation sites excluding steroid dienone is 1. The summed E-state index contributed by atoms with van der Waals surface area (Å²) in [6.45, 7) is 12.9. The van der Waals surface area contributed by atoms with Crippen LogP contribution in [0.1, 0.15) is 117 Å². The molecule has 3 heterocycles. The van der Waals surface area contributed by atoms with Crippen molar-refractivity contribution in [3.63, 3.8) is 0 Å². The van der Waals surface area contributed by atoms with Crippen molar-refractivity contribution in [1.82, 2.24) is 20.4 Å². The summed E-state index contributed by atoms with van der Waals surface area (Å²) in [6, 6.07) is 5.82. The first-order valence-electron chi connectivity index (χ1n) is 20.2. The zero-order valence-corrected chi connectivity index (χ0v) is 33.1. The highest BCUT2D eigenvalue weighted by molar-refractivity contribution is 6.45. The lowest BCUT2D eigenvalue weighted by Crippen LogP contribution is -2.60. The summed E-state index contributed by atoms with van der Waals surface area (Å²) in [5, 5.41) is 17.4. The highest BCUT2D eigenvalue weighted by atomic mass is 16.6. The standard InChI is InChI=1S/C41H61BN4O8/c1-26-31-20-29(41(31,5)6)21-34(26)54-42(51)35-19-13-11-9-7-8-10-12-18-32(43-38(49)53-40(2,3)4)37(48)46-25-30(22-33(46)36(47)44-35)52-39(50)45-23-27-16-14-15-17-28(27)24-45/h10,12,14-17,26,29-35,51H,7-9,11,13,18-25H2,1-6H3,(H,43,49)(H,44,47). The van der Waals surface area contributed by atoms with E-state index >= 15 is 0 Å². The third kappa shape index (κ3) is 9.26. The van der Waals surface area contributed by atoms with E-state index in [1.54, 1.807) is 25.7 Å². The molecule has 0 radical (unpaired) electrons.